The van der Waals surface area contributed by atoms with Crippen LogP contribution in [0.5, 0.6) is 6.01 Å². The number of aromatic nitrogens is 2. The van der Waals surface area contributed by atoms with E-state index in [1.165, 1.54) is 0 Å². The van der Waals surface area contributed by atoms with Crippen molar-refractivity contribution in [3.05, 3.63) is 71.0 Å². The van der Waals surface area contributed by atoms with Gasteiger partial charge < -0.3 is 24.7 Å². The van der Waals surface area contributed by atoms with Gasteiger partial charge in [0, 0.05) is 6.42 Å². The minimum absolute atomic E-state index is 0.0771. The summed E-state index contributed by atoms with van der Waals surface area (Å²) in [4.78, 5) is 12.5. The molecule has 180 valence electrons. The van der Waals surface area contributed by atoms with Gasteiger partial charge in [0.1, 0.15) is 11.6 Å². The van der Waals surface area contributed by atoms with Crippen LogP contribution in [-0.4, -0.2) is 57.6 Å². The maximum atomic E-state index is 9.78. The number of rotatable bonds is 10. The number of nitrogens with one attached hydrogen (secondary N) is 1. The molecule has 34 heavy (non-hydrogen) atoms. The van der Waals surface area contributed by atoms with Gasteiger partial charge in [-0.05, 0) is 36.6 Å². The van der Waals surface area contributed by atoms with Gasteiger partial charge in [0.2, 0.25) is 0 Å². The molecule has 3 aromatic rings. The number of aromatic amines is 1. The smallest absolute Gasteiger partial charge is 0.296 e. The highest BCUT2D eigenvalue weighted by Crippen LogP contribution is 2.35. The van der Waals surface area contributed by atoms with Crippen molar-refractivity contribution in [3.8, 4) is 17.1 Å². The van der Waals surface area contributed by atoms with Crippen LogP contribution in [0, 0.1) is 0 Å². The lowest BCUT2D eigenvalue weighted by Crippen LogP contribution is -2.42. The zero-order valence-corrected chi connectivity index (χ0v) is 20.1. The SMILES string of the molecule is CC(O)CC(COCCO)Oc1nc2c([nH]1)=CC(Cl)C(C)(c1ccc(-c3ccccc3)cc1)N=2. The van der Waals surface area contributed by atoms with Gasteiger partial charge in [-0.3, -0.25) is 4.99 Å². The van der Waals surface area contributed by atoms with Gasteiger partial charge in [-0.2, -0.15) is 4.98 Å². The number of hydrogen-bond acceptors (Lipinski definition) is 6. The number of halogens is 1. The molecular weight excluding hydrogens is 454 g/mol. The van der Waals surface area contributed by atoms with Crippen molar-refractivity contribution in [1.82, 2.24) is 9.97 Å². The highest BCUT2D eigenvalue weighted by atomic mass is 35.5. The summed E-state index contributed by atoms with van der Waals surface area (Å²) in [6.45, 7) is 4.03. The first kappa shape index (κ1) is 24.4. The average Bonchev–Trinajstić information content (AvgIpc) is 3.20. The summed E-state index contributed by atoms with van der Waals surface area (Å²) in [5.41, 5.74) is 3.10. The molecule has 1 aliphatic heterocycles. The van der Waals surface area contributed by atoms with Crippen LogP contribution >= 0.6 is 11.6 Å². The first-order valence-corrected chi connectivity index (χ1v) is 11.8. The standard InChI is InChI=1S/C26H30ClN3O4/c1-17(32)14-21(16-33-13-12-31)34-25-28-22-15-23(27)26(2,30-24(22)29-25)20-10-8-19(9-11-20)18-6-4-3-5-7-18/h3-11,15,17,21,23,31-32H,12-14,16H2,1-2H3,(H,28,29,30). The molecule has 0 amide bonds. The second kappa shape index (κ2) is 10.7. The first-order chi connectivity index (χ1) is 16.4. The van der Waals surface area contributed by atoms with E-state index in [0.29, 0.717) is 17.3 Å². The Morgan fingerprint density at radius 1 is 1.12 bits per heavy atom. The summed E-state index contributed by atoms with van der Waals surface area (Å²) in [6.07, 6.45) is 1.27. The third-order valence-corrected chi connectivity index (χ3v) is 6.43. The largest absolute Gasteiger partial charge is 0.459 e. The molecule has 4 rings (SSSR count). The van der Waals surface area contributed by atoms with Crippen molar-refractivity contribution in [1.29, 1.82) is 0 Å². The maximum Gasteiger partial charge on any atom is 0.296 e. The average molecular weight is 484 g/mol. The molecule has 0 saturated carbocycles. The Morgan fingerprint density at radius 2 is 1.82 bits per heavy atom. The van der Waals surface area contributed by atoms with Crippen LogP contribution in [-0.2, 0) is 10.3 Å². The lowest BCUT2D eigenvalue weighted by molar-refractivity contribution is 0.00847. The Morgan fingerprint density at radius 3 is 2.50 bits per heavy atom. The molecule has 0 fully saturated rings. The zero-order valence-electron chi connectivity index (χ0n) is 19.3. The van der Waals surface area contributed by atoms with Crippen LogP contribution in [0.2, 0.25) is 0 Å². The fourth-order valence-corrected chi connectivity index (χ4v) is 4.33. The summed E-state index contributed by atoms with van der Waals surface area (Å²) < 4.78 is 11.3. The van der Waals surface area contributed by atoms with Crippen molar-refractivity contribution in [2.45, 2.75) is 43.4 Å². The molecule has 4 atom stereocenters. The molecule has 1 aliphatic rings. The Hall–Kier alpha value is -2.71. The summed E-state index contributed by atoms with van der Waals surface area (Å²) in [5, 5.41) is 19.0. The van der Waals surface area contributed by atoms with Crippen LogP contribution in [0.25, 0.3) is 17.2 Å². The Bertz CT molecular complexity index is 1200. The molecule has 0 bridgehead atoms. The van der Waals surface area contributed by atoms with Crippen molar-refractivity contribution in [3.63, 3.8) is 0 Å². The third kappa shape index (κ3) is 5.50. The molecule has 2 aromatic carbocycles. The van der Waals surface area contributed by atoms with Gasteiger partial charge >= 0.3 is 0 Å². The highest BCUT2D eigenvalue weighted by Gasteiger charge is 2.36. The molecular formula is C26H30ClN3O4. The maximum absolute atomic E-state index is 9.78. The van der Waals surface area contributed by atoms with Gasteiger partial charge in [0.05, 0.1) is 36.7 Å². The van der Waals surface area contributed by atoms with E-state index in [9.17, 15) is 5.11 Å². The molecule has 2 heterocycles. The van der Waals surface area contributed by atoms with Crippen LogP contribution in [0.4, 0.5) is 0 Å². The van der Waals surface area contributed by atoms with E-state index in [1.807, 2.05) is 31.2 Å². The topological polar surface area (TPSA) is 100.0 Å². The van der Waals surface area contributed by atoms with Gasteiger partial charge in [0.25, 0.3) is 6.01 Å². The fourth-order valence-electron chi connectivity index (χ4n) is 4.03. The minimum atomic E-state index is -0.695. The first-order valence-electron chi connectivity index (χ1n) is 11.4. The van der Waals surface area contributed by atoms with Crippen LogP contribution < -0.4 is 15.6 Å². The Balaban J connectivity index is 1.58. The monoisotopic (exact) mass is 483 g/mol. The number of H-pyrrole nitrogens is 1. The summed E-state index contributed by atoms with van der Waals surface area (Å²) in [7, 11) is 0. The van der Waals surface area contributed by atoms with Gasteiger partial charge in [-0.15, -0.1) is 11.6 Å². The zero-order chi connectivity index (χ0) is 24.1. The number of aliphatic hydroxyl groups excluding tert-OH is 2. The Labute approximate surface area is 203 Å². The molecule has 0 saturated heterocycles. The lowest BCUT2D eigenvalue weighted by atomic mass is 9.86. The number of imidazole rings is 1. The molecule has 0 aliphatic carbocycles. The van der Waals surface area contributed by atoms with E-state index < -0.39 is 23.1 Å². The van der Waals surface area contributed by atoms with E-state index >= 15 is 0 Å². The predicted octanol–water partition coefficient (Wildman–Crippen LogP) is 2.54. The van der Waals surface area contributed by atoms with E-state index in [2.05, 4.69) is 46.4 Å². The number of nitrogens with zero attached hydrogens (tertiary/aromatic N) is 2. The van der Waals surface area contributed by atoms with E-state index in [1.54, 1.807) is 6.92 Å². The molecule has 1 aromatic heterocycles. The molecule has 0 radical (unpaired) electrons. The predicted molar refractivity (Wildman–Crippen MR) is 131 cm³/mol. The van der Waals surface area contributed by atoms with E-state index in [4.69, 9.17) is 31.2 Å². The molecule has 4 unspecified atom stereocenters. The summed E-state index contributed by atoms with van der Waals surface area (Å²) in [6, 6.07) is 18.8. The Kier molecular flexibility index (Phi) is 7.68. The van der Waals surface area contributed by atoms with Gasteiger partial charge in [0.15, 0.2) is 5.49 Å². The number of fused-ring (bicyclic) bond motifs is 1. The highest BCUT2D eigenvalue weighted by molar-refractivity contribution is 6.25. The molecule has 8 heteroatoms. The molecule has 3 N–H and O–H groups in total. The fraction of sp³-hybridized carbons (Fsp3) is 0.385. The summed E-state index contributed by atoms with van der Waals surface area (Å²) in [5.74, 6) is 0. The van der Waals surface area contributed by atoms with Crippen molar-refractivity contribution >= 4 is 17.7 Å². The molecule has 7 nitrogen and oxygen atoms in total. The van der Waals surface area contributed by atoms with Crippen LogP contribution in [0.3, 0.4) is 0 Å². The second-order valence-corrected chi connectivity index (χ2v) is 9.14. The van der Waals surface area contributed by atoms with E-state index in [0.717, 1.165) is 16.7 Å². The number of alkyl halides is 1. The van der Waals surface area contributed by atoms with Crippen molar-refractivity contribution < 1.29 is 19.7 Å². The quantitative estimate of drug-likeness (QED) is 0.304. The number of benzene rings is 2. The van der Waals surface area contributed by atoms with E-state index in [-0.39, 0.29) is 25.8 Å². The number of aliphatic hydroxyl groups is 2. The normalized spacial score (nSPS) is 21.1. The van der Waals surface area contributed by atoms with Crippen LogP contribution in [0.15, 0.2) is 59.6 Å². The summed E-state index contributed by atoms with van der Waals surface area (Å²) >= 11 is 6.80. The van der Waals surface area contributed by atoms with Gasteiger partial charge in [-0.1, -0.05) is 54.6 Å². The second-order valence-electron chi connectivity index (χ2n) is 8.67. The van der Waals surface area contributed by atoms with Crippen LogP contribution in [0.1, 0.15) is 25.8 Å². The van der Waals surface area contributed by atoms with Crippen molar-refractivity contribution in [2.24, 2.45) is 4.99 Å². The lowest BCUT2D eigenvalue weighted by Gasteiger charge is -2.30. The molecule has 0 spiro atoms. The third-order valence-electron chi connectivity index (χ3n) is 5.88. The minimum Gasteiger partial charge on any atom is -0.459 e. The number of hydrogen-bond donors (Lipinski definition) is 3. The number of ether oxygens (including phenoxy) is 2. The van der Waals surface area contributed by atoms with Gasteiger partial charge in [-0.25, -0.2) is 0 Å². The van der Waals surface area contributed by atoms with Crippen molar-refractivity contribution in [2.75, 3.05) is 19.8 Å².